The monoisotopic (exact) mass is 456 g/mol. The molecule has 0 fully saturated rings. The average molecular weight is 456 g/mol. The van der Waals surface area contributed by atoms with Crippen LogP contribution in [0, 0.1) is 0 Å². The summed E-state index contributed by atoms with van der Waals surface area (Å²) in [6.07, 6.45) is 0. The molecule has 4 aromatic carbocycles. The summed E-state index contributed by atoms with van der Waals surface area (Å²) in [5, 5.41) is 32.3. The molecule has 0 saturated heterocycles. The summed E-state index contributed by atoms with van der Waals surface area (Å²) < 4.78 is 17.2. The molecule has 0 radical (unpaired) electrons. The fourth-order valence-electron chi connectivity index (χ4n) is 4.21. The van der Waals surface area contributed by atoms with Crippen molar-refractivity contribution in [3.05, 3.63) is 77.0 Å². The van der Waals surface area contributed by atoms with E-state index in [4.69, 9.17) is 13.9 Å². The zero-order valence-electron chi connectivity index (χ0n) is 18.3. The molecule has 0 aliphatic carbocycles. The van der Waals surface area contributed by atoms with Crippen molar-refractivity contribution >= 4 is 21.7 Å². The third kappa shape index (κ3) is 3.17. The maximum atomic E-state index is 13.5. The van der Waals surface area contributed by atoms with Crippen LogP contribution in [0.5, 0.6) is 28.7 Å². The molecule has 0 unspecified atom stereocenters. The van der Waals surface area contributed by atoms with Crippen molar-refractivity contribution in [2.75, 3.05) is 14.2 Å². The van der Waals surface area contributed by atoms with E-state index in [-0.39, 0.29) is 39.7 Å². The van der Waals surface area contributed by atoms with Crippen molar-refractivity contribution in [1.82, 2.24) is 0 Å². The molecule has 5 rings (SSSR count). The lowest BCUT2D eigenvalue weighted by molar-refractivity contribution is 0.394. The van der Waals surface area contributed by atoms with E-state index < -0.39 is 5.43 Å². The van der Waals surface area contributed by atoms with Crippen molar-refractivity contribution in [1.29, 1.82) is 0 Å². The minimum absolute atomic E-state index is 0.0319. The summed E-state index contributed by atoms with van der Waals surface area (Å²) in [6, 6.07) is 18.9. The van der Waals surface area contributed by atoms with Gasteiger partial charge in [-0.05, 0) is 34.5 Å². The van der Waals surface area contributed by atoms with E-state index >= 15 is 0 Å². The van der Waals surface area contributed by atoms with Gasteiger partial charge in [0.05, 0.1) is 19.8 Å². The topological polar surface area (TPSA) is 109 Å². The molecular formula is C27H20O7. The van der Waals surface area contributed by atoms with E-state index in [0.717, 1.165) is 16.3 Å². The summed E-state index contributed by atoms with van der Waals surface area (Å²) in [5.74, 6) is -0.824. The Labute approximate surface area is 193 Å². The smallest absolute Gasteiger partial charge is 0.239 e. The minimum Gasteiger partial charge on any atom is -0.507 e. The summed E-state index contributed by atoms with van der Waals surface area (Å²) in [5.41, 5.74) is 1.04. The largest absolute Gasteiger partial charge is 0.507 e. The number of aromatic hydroxyl groups is 3. The molecule has 3 N–H and O–H groups in total. The Hall–Kier alpha value is -4.65. The molecule has 0 amide bonds. The van der Waals surface area contributed by atoms with Crippen molar-refractivity contribution in [3.8, 4) is 51.2 Å². The highest BCUT2D eigenvalue weighted by molar-refractivity contribution is 6.07. The van der Waals surface area contributed by atoms with Crippen LogP contribution in [0.1, 0.15) is 0 Å². The van der Waals surface area contributed by atoms with Gasteiger partial charge in [0.25, 0.3) is 0 Å². The Morgan fingerprint density at radius 2 is 1.56 bits per heavy atom. The number of ether oxygens (including phenoxy) is 2. The fraction of sp³-hybridized carbons (Fsp3) is 0.0741. The number of phenols is 3. The maximum absolute atomic E-state index is 13.5. The maximum Gasteiger partial charge on any atom is 0.239 e. The predicted molar refractivity (Wildman–Crippen MR) is 129 cm³/mol. The highest BCUT2D eigenvalue weighted by atomic mass is 16.5. The van der Waals surface area contributed by atoms with Crippen molar-refractivity contribution in [3.63, 3.8) is 0 Å². The number of hydrogen-bond acceptors (Lipinski definition) is 7. The van der Waals surface area contributed by atoms with Crippen LogP contribution in [0.3, 0.4) is 0 Å². The van der Waals surface area contributed by atoms with Crippen LogP contribution < -0.4 is 14.9 Å². The van der Waals surface area contributed by atoms with Crippen LogP contribution in [-0.2, 0) is 0 Å². The first kappa shape index (κ1) is 21.2. The van der Waals surface area contributed by atoms with Gasteiger partial charge in [-0.15, -0.1) is 0 Å². The van der Waals surface area contributed by atoms with Gasteiger partial charge in [0.2, 0.25) is 11.2 Å². The lowest BCUT2D eigenvalue weighted by Gasteiger charge is -2.17. The molecular weight excluding hydrogens is 436 g/mol. The van der Waals surface area contributed by atoms with E-state index in [1.165, 1.54) is 38.5 Å². The van der Waals surface area contributed by atoms with Crippen LogP contribution >= 0.6 is 0 Å². The fourth-order valence-corrected chi connectivity index (χ4v) is 4.21. The summed E-state index contributed by atoms with van der Waals surface area (Å²) >= 11 is 0. The molecule has 0 aliphatic heterocycles. The second-order valence-electron chi connectivity index (χ2n) is 7.70. The molecule has 0 spiro atoms. The second kappa shape index (κ2) is 8.04. The lowest BCUT2D eigenvalue weighted by Crippen LogP contribution is -2.09. The van der Waals surface area contributed by atoms with Gasteiger partial charge in [0.15, 0.2) is 22.8 Å². The van der Waals surface area contributed by atoms with Gasteiger partial charge in [-0.2, -0.15) is 0 Å². The Morgan fingerprint density at radius 1 is 0.794 bits per heavy atom. The summed E-state index contributed by atoms with van der Waals surface area (Å²) in [7, 11) is 2.78. The van der Waals surface area contributed by atoms with Gasteiger partial charge in [-0.1, -0.05) is 42.5 Å². The zero-order chi connectivity index (χ0) is 24.0. The van der Waals surface area contributed by atoms with Crippen LogP contribution in [-0.4, -0.2) is 29.5 Å². The first-order valence-electron chi connectivity index (χ1n) is 10.4. The van der Waals surface area contributed by atoms with E-state index in [0.29, 0.717) is 16.9 Å². The van der Waals surface area contributed by atoms with Crippen LogP contribution in [0.15, 0.2) is 75.9 Å². The number of benzene rings is 4. The highest BCUT2D eigenvalue weighted by Crippen LogP contribution is 2.46. The van der Waals surface area contributed by atoms with E-state index in [1.54, 1.807) is 0 Å². The minimum atomic E-state index is -0.590. The van der Waals surface area contributed by atoms with Crippen LogP contribution in [0.4, 0.5) is 0 Å². The van der Waals surface area contributed by atoms with Gasteiger partial charge < -0.3 is 29.2 Å². The van der Waals surface area contributed by atoms with Gasteiger partial charge in [0.1, 0.15) is 16.9 Å². The lowest BCUT2D eigenvalue weighted by atomic mass is 9.95. The number of phenolic OH excluding ortho intramolecular Hbond substituents is 3. The molecule has 1 aromatic heterocycles. The summed E-state index contributed by atoms with van der Waals surface area (Å²) in [6.45, 7) is 0. The zero-order valence-corrected chi connectivity index (χ0v) is 18.3. The third-order valence-corrected chi connectivity index (χ3v) is 5.79. The molecule has 0 bridgehead atoms. The molecule has 170 valence electrons. The van der Waals surface area contributed by atoms with Crippen LogP contribution in [0.25, 0.3) is 44.2 Å². The predicted octanol–water partition coefficient (Wildman–Crippen LogP) is 5.41. The van der Waals surface area contributed by atoms with Crippen LogP contribution in [0.2, 0.25) is 0 Å². The number of hydrogen-bond donors (Lipinski definition) is 3. The Morgan fingerprint density at radius 3 is 2.29 bits per heavy atom. The SMILES string of the molecule is COc1cc(O)c2c(=O)c(OC)c(-c3ccc(O)c(O)c3)oc2c1-c1cccc2ccccc12. The van der Waals surface area contributed by atoms with E-state index in [2.05, 4.69) is 0 Å². The number of fused-ring (bicyclic) bond motifs is 2. The van der Waals surface area contributed by atoms with Crippen molar-refractivity contribution < 1.29 is 29.2 Å². The van der Waals surface area contributed by atoms with Gasteiger partial charge in [-0.25, -0.2) is 0 Å². The molecule has 7 heteroatoms. The van der Waals surface area contributed by atoms with E-state index in [1.807, 2.05) is 42.5 Å². The molecule has 7 nitrogen and oxygen atoms in total. The average Bonchev–Trinajstić information content (AvgIpc) is 2.85. The Kier molecular flexibility index (Phi) is 5.02. The number of rotatable bonds is 4. The van der Waals surface area contributed by atoms with E-state index in [9.17, 15) is 20.1 Å². The molecule has 0 atom stereocenters. The molecule has 5 aromatic rings. The first-order valence-corrected chi connectivity index (χ1v) is 10.4. The second-order valence-corrected chi connectivity index (χ2v) is 7.70. The normalized spacial score (nSPS) is 11.1. The molecule has 34 heavy (non-hydrogen) atoms. The highest BCUT2D eigenvalue weighted by Gasteiger charge is 2.25. The standard InChI is InChI=1S/C27H20O7/c1-32-21-13-20(30)23-24(31)27(33-2)25(15-10-11-18(28)19(29)12-15)34-26(23)22(21)17-9-5-7-14-6-3-4-8-16(14)17/h3-13,28-30H,1-2H3. The molecule has 0 saturated carbocycles. The number of methoxy groups -OCH3 is 2. The van der Waals surface area contributed by atoms with Gasteiger partial charge in [-0.3, -0.25) is 4.79 Å². The molecule has 1 heterocycles. The van der Waals surface area contributed by atoms with Crippen molar-refractivity contribution in [2.24, 2.45) is 0 Å². The summed E-state index contributed by atoms with van der Waals surface area (Å²) in [4.78, 5) is 13.5. The molecule has 0 aliphatic rings. The first-order chi connectivity index (χ1) is 16.4. The Balaban J connectivity index is 1.97. The van der Waals surface area contributed by atoms with Gasteiger partial charge in [0, 0.05) is 11.6 Å². The Bertz CT molecular complexity index is 1630. The quantitative estimate of drug-likeness (QED) is 0.310. The van der Waals surface area contributed by atoms with Crippen molar-refractivity contribution in [2.45, 2.75) is 0 Å². The van der Waals surface area contributed by atoms with Gasteiger partial charge >= 0.3 is 0 Å². The third-order valence-electron chi connectivity index (χ3n) is 5.79.